The molecular weight excluding hydrogens is 255 g/mol. The second-order valence-corrected chi connectivity index (χ2v) is 4.62. The number of benzene rings is 1. The summed E-state index contributed by atoms with van der Waals surface area (Å²) >= 11 is 0. The fraction of sp³-hybridized carbons (Fsp3) is 0.308. The summed E-state index contributed by atoms with van der Waals surface area (Å²) < 4.78 is 37.9. The highest BCUT2D eigenvalue weighted by Crippen LogP contribution is 2.31. The van der Waals surface area contributed by atoms with E-state index in [0.717, 1.165) is 30.9 Å². The molecule has 100 valence electrons. The number of aromatic nitrogens is 2. The number of halogens is 3. The standard InChI is InChI=1S/C13H12F3N3/c14-13(15,16)10-3-1-2-8(4-10)12-18-7-11(19-12)9-5-17-6-9/h1-4,7,9,17H,5-6H2,(H,18,19). The Labute approximate surface area is 107 Å². The van der Waals surface area contributed by atoms with Crippen LogP contribution in [0.3, 0.4) is 0 Å². The third-order valence-electron chi connectivity index (χ3n) is 3.28. The zero-order valence-electron chi connectivity index (χ0n) is 9.96. The Morgan fingerprint density at radius 3 is 2.63 bits per heavy atom. The molecule has 1 saturated heterocycles. The molecule has 1 aromatic heterocycles. The van der Waals surface area contributed by atoms with Gasteiger partial charge < -0.3 is 10.3 Å². The fourth-order valence-electron chi connectivity index (χ4n) is 2.04. The van der Waals surface area contributed by atoms with E-state index in [-0.39, 0.29) is 0 Å². The van der Waals surface area contributed by atoms with E-state index < -0.39 is 11.7 Å². The lowest BCUT2D eigenvalue weighted by molar-refractivity contribution is -0.137. The molecule has 0 bridgehead atoms. The number of aromatic amines is 1. The molecule has 3 rings (SSSR count). The van der Waals surface area contributed by atoms with Gasteiger partial charge in [0.1, 0.15) is 5.82 Å². The first-order valence-electron chi connectivity index (χ1n) is 5.97. The van der Waals surface area contributed by atoms with Gasteiger partial charge in [-0.05, 0) is 12.1 Å². The van der Waals surface area contributed by atoms with Gasteiger partial charge in [0.15, 0.2) is 0 Å². The van der Waals surface area contributed by atoms with E-state index in [4.69, 9.17) is 0 Å². The lowest BCUT2D eigenvalue weighted by Gasteiger charge is -2.25. The topological polar surface area (TPSA) is 40.7 Å². The van der Waals surface area contributed by atoms with Crippen LogP contribution in [0.5, 0.6) is 0 Å². The molecule has 0 radical (unpaired) electrons. The Morgan fingerprint density at radius 2 is 2.00 bits per heavy atom. The van der Waals surface area contributed by atoms with E-state index in [1.807, 2.05) is 0 Å². The zero-order chi connectivity index (χ0) is 13.5. The average molecular weight is 267 g/mol. The quantitative estimate of drug-likeness (QED) is 0.878. The highest BCUT2D eigenvalue weighted by molar-refractivity contribution is 5.57. The van der Waals surface area contributed by atoms with Crippen LogP contribution in [-0.4, -0.2) is 23.1 Å². The normalized spacial score (nSPS) is 16.4. The molecule has 0 spiro atoms. The summed E-state index contributed by atoms with van der Waals surface area (Å²) in [5.41, 5.74) is 0.757. The fourth-order valence-corrected chi connectivity index (χ4v) is 2.04. The van der Waals surface area contributed by atoms with Gasteiger partial charge in [0.25, 0.3) is 0 Å². The van der Waals surface area contributed by atoms with Gasteiger partial charge in [-0.3, -0.25) is 0 Å². The summed E-state index contributed by atoms with van der Waals surface area (Å²) in [5.74, 6) is 0.861. The largest absolute Gasteiger partial charge is 0.416 e. The van der Waals surface area contributed by atoms with Gasteiger partial charge in [-0.1, -0.05) is 12.1 Å². The van der Waals surface area contributed by atoms with Crippen molar-refractivity contribution in [2.24, 2.45) is 0 Å². The minimum Gasteiger partial charge on any atom is -0.342 e. The van der Waals surface area contributed by atoms with Crippen LogP contribution in [0.25, 0.3) is 11.4 Å². The molecule has 0 atom stereocenters. The predicted molar refractivity (Wildman–Crippen MR) is 64.6 cm³/mol. The number of hydrogen-bond acceptors (Lipinski definition) is 2. The predicted octanol–water partition coefficient (Wildman–Crippen LogP) is 2.78. The molecule has 1 aromatic carbocycles. The van der Waals surface area contributed by atoms with Crippen molar-refractivity contribution in [2.45, 2.75) is 12.1 Å². The van der Waals surface area contributed by atoms with Crippen LogP contribution >= 0.6 is 0 Å². The number of rotatable bonds is 2. The SMILES string of the molecule is FC(F)(F)c1cccc(-c2ncc(C3CNC3)[nH]2)c1. The molecule has 6 heteroatoms. The van der Waals surface area contributed by atoms with Crippen molar-refractivity contribution in [2.75, 3.05) is 13.1 Å². The third-order valence-corrected chi connectivity index (χ3v) is 3.28. The van der Waals surface area contributed by atoms with E-state index in [0.29, 0.717) is 17.3 Å². The van der Waals surface area contributed by atoms with Crippen molar-refractivity contribution < 1.29 is 13.2 Å². The first-order valence-corrected chi connectivity index (χ1v) is 5.97. The molecule has 1 aliphatic rings. The minimum atomic E-state index is -4.33. The van der Waals surface area contributed by atoms with E-state index in [9.17, 15) is 13.2 Å². The van der Waals surface area contributed by atoms with Gasteiger partial charge >= 0.3 is 6.18 Å². The van der Waals surface area contributed by atoms with Crippen LogP contribution in [0.4, 0.5) is 13.2 Å². The molecule has 2 aromatic rings. The molecule has 2 heterocycles. The van der Waals surface area contributed by atoms with Crippen LogP contribution in [-0.2, 0) is 6.18 Å². The molecule has 0 unspecified atom stereocenters. The number of nitrogens with zero attached hydrogens (tertiary/aromatic N) is 1. The molecule has 19 heavy (non-hydrogen) atoms. The highest BCUT2D eigenvalue weighted by atomic mass is 19.4. The Kier molecular flexibility index (Phi) is 2.82. The first-order chi connectivity index (χ1) is 9.04. The second kappa shape index (κ2) is 4.38. The van der Waals surface area contributed by atoms with Gasteiger partial charge in [-0.2, -0.15) is 13.2 Å². The van der Waals surface area contributed by atoms with Gasteiger partial charge in [0.05, 0.1) is 5.56 Å². The number of H-pyrrole nitrogens is 1. The molecular formula is C13H12F3N3. The Hall–Kier alpha value is -1.82. The maximum Gasteiger partial charge on any atom is 0.416 e. The summed E-state index contributed by atoms with van der Waals surface area (Å²) in [6, 6.07) is 5.19. The molecule has 0 aliphatic carbocycles. The van der Waals surface area contributed by atoms with Gasteiger partial charge in [0.2, 0.25) is 0 Å². The summed E-state index contributed by atoms with van der Waals surface area (Å²) in [5, 5.41) is 3.14. The Balaban J connectivity index is 1.91. The van der Waals surface area contributed by atoms with Crippen LogP contribution in [0.15, 0.2) is 30.5 Å². The van der Waals surface area contributed by atoms with Gasteiger partial charge in [0, 0.05) is 36.5 Å². The summed E-state index contributed by atoms with van der Waals surface area (Å²) in [6.45, 7) is 1.76. The summed E-state index contributed by atoms with van der Waals surface area (Å²) in [4.78, 5) is 7.25. The molecule has 2 N–H and O–H groups in total. The number of imidazole rings is 1. The van der Waals surface area contributed by atoms with Crippen molar-refractivity contribution in [1.29, 1.82) is 0 Å². The minimum absolute atomic E-state index is 0.382. The number of hydrogen-bond donors (Lipinski definition) is 2. The van der Waals surface area contributed by atoms with Crippen LogP contribution in [0.1, 0.15) is 17.2 Å². The summed E-state index contributed by atoms with van der Waals surface area (Å²) in [7, 11) is 0. The summed E-state index contributed by atoms with van der Waals surface area (Å²) in [6.07, 6.45) is -2.63. The van der Waals surface area contributed by atoms with Crippen molar-refractivity contribution in [1.82, 2.24) is 15.3 Å². The highest BCUT2D eigenvalue weighted by Gasteiger charge is 2.30. The van der Waals surface area contributed by atoms with Crippen LogP contribution < -0.4 is 5.32 Å². The average Bonchev–Trinajstić information content (AvgIpc) is 2.75. The molecule has 1 aliphatic heterocycles. The third kappa shape index (κ3) is 2.35. The van der Waals surface area contributed by atoms with Crippen molar-refractivity contribution >= 4 is 0 Å². The lowest BCUT2D eigenvalue weighted by Crippen LogP contribution is -2.40. The van der Waals surface area contributed by atoms with Gasteiger partial charge in [-0.25, -0.2) is 4.98 Å². The molecule has 0 amide bonds. The van der Waals surface area contributed by atoms with E-state index in [1.54, 1.807) is 12.3 Å². The number of alkyl halides is 3. The van der Waals surface area contributed by atoms with E-state index in [2.05, 4.69) is 15.3 Å². The second-order valence-electron chi connectivity index (χ2n) is 4.62. The smallest absolute Gasteiger partial charge is 0.342 e. The number of nitrogens with one attached hydrogen (secondary N) is 2. The molecule has 3 nitrogen and oxygen atoms in total. The Morgan fingerprint density at radius 1 is 1.21 bits per heavy atom. The molecule has 0 saturated carbocycles. The van der Waals surface area contributed by atoms with Crippen LogP contribution in [0, 0.1) is 0 Å². The first kappa shape index (κ1) is 12.2. The van der Waals surface area contributed by atoms with Crippen LogP contribution in [0.2, 0.25) is 0 Å². The zero-order valence-corrected chi connectivity index (χ0v) is 9.96. The van der Waals surface area contributed by atoms with E-state index >= 15 is 0 Å². The maximum atomic E-state index is 12.6. The van der Waals surface area contributed by atoms with Gasteiger partial charge in [-0.15, -0.1) is 0 Å². The van der Waals surface area contributed by atoms with Crippen molar-refractivity contribution in [3.05, 3.63) is 41.7 Å². The van der Waals surface area contributed by atoms with Crippen molar-refractivity contribution in [3.63, 3.8) is 0 Å². The Bertz CT molecular complexity index is 585. The molecule has 1 fully saturated rings. The lowest BCUT2D eigenvalue weighted by atomic mass is 10.0. The monoisotopic (exact) mass is 267 g/mol. The van der Waals surface area contributed by atoms with Crippen molar-refractivity contribution in [3.8, 4) is 11.4 Å². The maximum absolute atomic E-state index is 12.6. The van der Waals surface area contributed by atoms with E-state index in [1.165, 1.54) is 6.07 Å².